The number of aromatic nitrogens is 1. The summed E-state index contributed by atoms with van der Waals surface area (Å²) in [6.45, 7) is 7.02. The number of nitrogens with one attached hydrogen (secondary N) is 2. The summed E-state index contributed by atoms with van der Waals surface area (Å²) in [6, 6.07) is 9.76. The quantitative estimate of drug-likeness (QED) is 0.853. The molecule has 0 aliphatic carbocycles. The minimum absolute atomic E-state index is 0.0394. The molecule has 0 bridgehead atoms. The van der Waals surface area contributed by atoms with E-state index in [1.165, 1.54) is 0 Å². The van der Waals surface area contributed by atoms with Crippen LogP contribution in [0.2, 0.25) is 0 Å². The second-order valence-electron chi connectivity index (χ2n) is 5.28. The van der Waals surface area contributed by atoms with Gasteiger partial charge in [0.2, 0.25) is 0 Å². The lowest BCUT2D eigenvalue weighted by Gasteiger charge is -2.14. The first-order valence-electron chi connectivity index (χ1n) is 7.60. The van der Waals surface area contributed by atoms with Gasteiger partial charge < -0.3 is 10.6 Å². The predicted octanol–water partition coefficient (Wildman–Crippen LogP) is 3.59. The third kappa shape index (κ3) is 3.72. The third-order valence-corrected chi connectivity index (χ3v) is 3.51. The van der Waals surface area contributed by atoms with Gasteiger partial charge in [-0.15, -0.1) is 0 Å². The number of pyridine rings is 1. The van der Waals surface area contributed by atoms with Gasteiger partial charge in [0, 0.05) is 18.0 Å². The van der Waals surface area contributed by atoms with Gasteiger partial charge in [0.25, 0.3) is 5.91 Å². The molecule has 2 N–H and O–H groups in total. The van der Waals surface area contributed by atoms with Crippen LogP contribution in [-0.2, 0) is 0 Å². The SMILES string of the molecule is CCCNc1cc(C(=O)NC(C)CC)c2ccccc2n1. The molecule has 4 heteroatoms. The minimum atomic E-state index is -0.0394. The van der Waals surface area contributed by atoms with Crippen molar-refractivity contribution >= 4 is 22.6 Å². The fraction of sp³-hybridized carbons (Fsp3) is 0.412. The largest absolute Gasteiger partial charge is 0.370 e. The normalized spacial score (nSPS) is 12.1. The molecule has 112 valence electrons. The van der Waals surface area contributed by atoms with Crippen LogP contribution < -0.4 is 10.6 Å². The van der Waals surface area contributed by atoms with Gasteiger partial charge in [0.05, 0.1) is 11.1 Å². The standard InChI is InChI=1S/C17H23N3O/c1-4-10-18-16-11-14(17(21)19-12(3)5-2)13-8-6-7-9-15(13)20-16/h6-9,11-12H,4-5,10H2,1-3H3,(H,18,20)(H,19,21). The molecule has 1 atom stereocenters. The Morgan fingerprint density at radius 3 is 2.76 bits per heavy atom. The smallest absolute Gasteiger partial charge is 0.252 e. The summed E-state index contributed by atoms with van der Waals surface area (Å²) < 4.78 is 0. The molecular weight excluding hydrogens is 262 g/mol. The molecular formula is C17H23N3O. The van der Waals surface area contributed by atoms with E-state index >= 15 is 0 Å². The molecule has 2 aromatic rings. The van der Waals surface area contributed by atoms with Gasteiger partial charge in [-0.25, -0.2) is 4.98 Å². The number of anilines is 1. The van der Waals surface area contributed by atoms with Gasteiger partial charge in [-0.2, -0.15) is 0 Å². The number of nitrogens with zero attached hydrogens (tertiary/aromatic N) is 1. The molecule has 0 spiro atoms. The summed E-state index contributed by atoms with van der Waals surface area (Å²) in [6.07, 6.45) is 1.93. The fourth-order valence-corrected chi connectivity index (χ4v) is 2.11. The van der Waals surface area contributed by atoms with Gasteiger partial charge in [-0.05, 0) is 31.9 Å². The van der Waals surface area contributed by atoms with E-state index in [4.69, 9.17) is 0 Å². The van der Waals surface area contributed by atoms with Crippen molar-refractivity contribution in [3.63, 3.8) is 0 Å². The third-order valence-electron chi connectivity index (χ3n) is 3.51. The van der Waals surface area contributed by atoms with E-state index in [9.17, 15) is 4.79 Å². The van der Waals surface area contributed by atoms with Crippen LogP contribution >= 0.6 is 0 Å². The zero-order valence-electron chi connectivity index (χ0n) is 12.9. The lowest BCUT2D eigenvalue weighted by Crippen LogP contribution is -2.32. The van der Waals surface area contributed by atoms with E-state index in [1.807, 2.05) is 37.3 Å². The Labute approximate surface area is 126 Å². The van der Waals surface area contributed by atoms with E-state index in [-0.39, 0.29) is 11.9 Å². The van der Waals surface area contributed by atoms with Gasteiger partial charge >= 0.3 is 0 Å². The molecule has 1 aromatic carbocycles. The Kier molecular flexibility index (Phi) is 5.14. The van der Waals surface area contributed by atoms with Crippen molar-refractivity contribution in [1.29, 1.82) is 0 Å². The Morgan fingerprint density at radius 1 is 1.29 bits per heavy atom. The van der Waals surface area contributed by atoms with Gasteiger partial charge in [-0.3, -0.25) is 4.79 Å². The minimum Gasteiger partial charge on any atom is -0.370 e. The number of carbonyl (C=O) groups is 1. The van der Waals surface area contributed by atoms with E-state index in [1.54, 1.807) is 0 Å². The lowest BCUT2D eigenvalue weighted by molar-refractivity contribution is 0.0941. The molecule has 1 unspecified atom stereocenters. The monoisotopic (exact) mass is 285 g/mol. The number of amides is 1. The maximum Gasteiger partial charge on any atom is 0.252 e. The number of hydrogen-bond donors (Lipinski definition) is 2. The van der Waals surface area contributed by atoms with E-state index < -0.39 is 0 Å². The molecule has 1 amide bonds. The molecule has 0 aliphatic rings. The second-order valence-corrected chi connectivity index (χ2v) is 5.28. The van der Waals surface area contributed by atoms with Crippen molar-refractivity contribution in [1.82, 2.24) is 10.3 Å². The van der Waals surface area contributed by atoms with Crippen LogP contribution in [0.15, 0.2) is 30.3 Å². The lowest BCUT2D eigenvalue weighted by atomic mass is 10.1. The number of rotatable bonds is 6. The van der Waals surface area contributed by atoms with Crippen LogP contribution in [0.1, 0.15) is 44.0 Å². The maximum absolute atomic E-state index is 12.5. The zero-order chi connectivity index (χ0) is 15.2. The number of fused-ring (bicyclic) bond motifs is 1. The summed E-state index contributed by atoms with van der Waals surface area (Å²) in [7, 11) is 0. The number of hydrogen-bond acceptors (Lipinski definition) is 3. The van der Waals surface area contributed by atoms with Crippen LogP contribution in [0.5, 0.6) is 0 Å². The molecule has 2 rings (SSSR count). The topological polar surface area (TPSA) is 54.0 Å². The first-order valence-corrected chi connectivity index (χ1v) is 7.60. The average Bonchev–Trinajstić information content (AvgIpc) is 2.51. The van der Waals surface area contributed by atoms with E-state index in [2.05, 4.69) is 29.5 Å². The van der Waals surface area contributed by atoms with Crippen LogP contribution in [-0.4, -0.2) is 23.5 Å². The van der Waals surface area contributed by atoms with Crippen LogP contribution in [0, 0.1) is 0 Å². The summed E-state index contributed by atoms with van der Waals surface area (Å²) >= 11 is 0. The summed E-state index contributed by atoms with van der Waals surface area (Å²) in [5.74, 6) is 0.715. The van der Waals surface area contributed by atoms with Crippen LogP contribution in [0.3, 0.4) is 0 Å². The number of benzene rings is 1. The van der Waals surface area contributed by atoms with Crippen LogP contribution in [0.4, 0.5) is 5.82 Å². The maximum atomic E-state index is 12.5. The van der Waals surface area contributed by atoms with Crippen molar-refractivity contribution in [3.8, 4) is 0 Å². The molecule has 1 aromatic heterocycles. The highest BCUT2D eigenvalue weighted by Crippen LogP contribution is 2.21. The first-order chi connectivity index (χ1) is 10.2. The molecule has 0 saturated carbocycles. The highest BCUT2D eigenvalue weighted by atomic mass is 16.1. The average molecular weight is 285 g/mol. The van der Waals surface area contributed by atoms with E-state index in [0.717, 1.165) is 36.1 Å². The zero-order valence-corrected chi connectivity index (χ0v) is 12.9. The van der Waals surface area contributed by atoms with Gasteiger partial charge in [0.1, 0.15) is 5.82 Å². The molecule has 4 nitrogen and oxygen atoms in total. The van der Waals surface area contributed by atoms with Gasteiger partial charge in [0.15, 0.2) is 0 Å². The molecule has 21 heavy (non-hydrogen) atoms. The first kappa shape index (κ1) is 15.3. The van der Waals surface area contributed by atoms with Crippen molar-refractivity contribution in [2.24, 2.45) is 0 Å². The van der Waals surface area contributed by atoms with Gasteiger partial charge in [-0.1, -0.05) is 32.0 Å². The second kappa shape index (κ2) is 7.07. The Bertz CT molecular complexity index is 624. The fourth-order valence-electron chi connectivity index (χ4n) is 2.11. The van der Waals surface area contributed by atoms with Crippen molar-refractivity contribution in [2.75, 3.05) is 11.9 Å². The molecule has 0 saturated heterocycles. The molecule has 0 aliphatic heterocycles. The highest BCUT2D eigenvalue weighted by molar-refractivity contribution is 6.07. The molecule has 0 radical (unpaired) electrons. The molecule has 0 fully saturated rings. The number of carbonyl (C=O) groups excluding carboxylic acids is 1. The van der Waals surface area contributed by atoms with E-state index in [0.29, 0.717) is 5.56 Å². The molecule has 1 heterocycles. The Hall–Kier alpha value is -2.10. The predicted molar refractivity (Wildman–Crippen MR) is 87.7 cm³/mol. The van der Waals surface area contributed by atoms with Crippen LogP contribution in [0.25, 0.3) is 10.9 Å². The van der Waals surface area contributed by atoms with Crippen molar-refractivity contribution in [3.05, 3.63) is 35.9 Å². The Balaban J connectivity index is 2.41. The Morgan fingerprint density at radius 2 is 2.05 bits per heavy atom. The van der Waals surface area contributed by atoms with Crippen molar-refractivity contribution in [2.45, 2.75) is 39.7 Å². The summed E-state index contributed by atoms with van der Waals surface area (Å²) in [4.78, 5) is 17.1. The summed E-state index contributed by atoms with van der Waals surface area (Å²) in [5, 5.41) is 7.17. The highest BCUT2D eigenvalue weighted by Gasteiger charge is 2.14. The number of para-hydroxylation sites is 1. The van der Waals surface area contributed by atoms with Crippen molar-refractivity contribution < 1.29 is 4.79 Å². The summed E-state index contributed by atoms with van der Waals surface area (Å²) in [5.41, 5.74) is 1.52.